The SMILES string of the molecule is Cc1cc(N)c(C)c(S(=O)(=O)NCCc2nc(C)no2)c1. The van der Waals surface area contributed by atoms with Gasteiger partial charge >= 0.3 is 0 Å². The van der Waals surface area contributed by atoms with Crippen molar-refractivity contribution in [2.24, 2.45) is 0 Å². The fourth-order valence-electron chi connectivity index (χ4n) is 1.94. The van der Waals surface area contributed by atoms with Gasteiger partial charge in [0.2, 0.25) is 15.9 Å². The van der Waals surface area contributed by atoms with Gasteiger partial charge in [0.25, 0.3) is 0 Å². The molecule has 1 aromatic carbocycles. The van der Waals surface area contributed by atoms with Gasteiger partial charge < -0.3 is 10.3 Å². The van der Waals surface area contributed by atoms with Crippen LogP contribution in [0.4, 0.5) is 5.69 Å². The Balaban J connectivity index is 2.12. The summed E-state index contributed by atoms with van der Waals surface area (Å²) >= 11 is 0. The molecule has 2 rings (SSSR count). The van der Waals surface area contributed by atoms with E-state index < -0.39 is 10.0 Å². The van der Waals surface area contributed by atoms with Gasteiger partial charge in [0.1, 0.15) is 0 Å². The van der Waals surface area contributed by atoms with Crippen LogP contribution in [0.2, 0.25) is 0 Å². The molecule has 0 spiro atoms. The zero-order chi connectivity index (χ0) is 15.6. The van der Waals surface area contributed by atoms with Gasteiger partial charge in [-0.2, -0.15) is 4.98 Å². The van der Waals surface area contributed by atoms with Gasteiger partial charge in [0.15, 0.2) is 5.82 Å². The van der Waals surface area contributed by atoms with Gasteiger partial charge in [0, 0.05) is 18.7 Å². The summed E-state index contributed by atoms with van der Waals surface area (Å²) < 4.78 is 32.1. The van der Waals surface area contributed by atoms with Crippen LogP contribution in [0.3, 0.4) is 0 Å². The number of hydrogen-bond donors (Lipinski definition) is 2. The standard InChI is InChI=1S/C13H18N4O3S/c1-8-6-11(14)9(2)12(7-8)21(18,19)15-5-4-13-16-10(3)17-20-13/h6-7,15H,4-5,14H2,1-3H3. The molecule has 0 radical (unpaired) electrons. The van der Waals surface area contributed by atoms with Crippen LogP contribution < -0.4 is 10.5 Å². The molecule has 0 fully saturated rings. The van der Waals surface area contributed by atoms with Crippen molar-refractivity contribution in [3.05, 3.63) is 35.0 Å². The second-order valence-corrected chi connectivity index (χ2v) is 6.60. The van der Waals surface area contributed by atoms with E-state index in [1.165, 1.54) is 0 Å². The Labute approximate surface area is 123 Å². The molecular formula is C13H18N4O3S. The number of anilines is 1. The minimum atomic E-state index is -3.62. The number of hydrogen-bond acceptors (Lipinski definition) is 6. The van der Waals surface area contributed by atoms with Crippen molar-refractivity contribution >= 4 is 15.7 Å². The van der Waals surface area contributed by atoms with Gasteiger partial charge in [-0.1, -0.05) is 5.16 Å². The quantitative estimate of drug-likeness (QED) is 0.800. The van der Waals surface area contributed by atoms with Crippen molar-refractivity contribution in [1.29, 1.82) is 0 Å². The van der Waals surface area contributed by atoms with E-state index in [0.29, 0.717) is 29.4 Å². The molecule has 0 saturated carbocycles. The monoisotopic (exact) mass is 310 g/mol. The minimum Gasteiger partial charge on any atom is -0.398 e. The van der Waals surface area contributed by atoms with E-state index in [9.17, 15) is 8.42 Å². The van der Waals surface area contributed by atoms with Crippen molar-refractivity contribution in [3.63, 3.8) is 0 Å². The summed E-state index contributed by atoms with van der Waals surface area (Å²) in [5.41, 5.74) is 7.62. The van der Waals surface area contributed by atoms with Crippen molar-refractivity contribution in [2.75, 3.05) is 12.3 Å². The van der Waals surface area contributed by atoms with Crippen LogP contribution in [0.1, 0.15) is 22.8 Å². The number of sulfonamides is 1. The number of rotatable bonds is 5. The summed E-state index contributed by atoms with van der Waals surface area (Å²) in [7, 11) is -3.62. The highest BCUT2D eigenvalue weighted by molar-refractivity contribution is 7.89. The number of nitrogens with zero attached hydrogens (tertiary/aromatic N) is 2. The number of benzene rings is 1. The second-order valence-electron chi connectivity index (χ2n) is 4.86. The van der Waals surface area contributed by atoms with Crippen LogP contribution in [0.25, 0.3) is 0 Å². The lowest BCUT2D eigenvalue weighted by molar-refractivity contribution is 0.375. The lowest BCUT2D eigenvalue weighted by atomic mass is 10.1. The maximum atomic E-state index is 12.3. The van der Waals surface area contributed by atoms with Crippen molar-refractivity contribution in [3.8, 4) is 0 Å². The number of nitrogens with one attached hydrogen (secondary N) is 1. The Bertz CT molecular complexity index is 753. The van der Waals surface area contributed by atoms with Crippen LogP contribution in [0.5, 0.6) is 0 Å². The topological polar surface area (TPSA) is 111 Å². The molecule has 7 nitrogen and oxygen atoms in total. The zero-order valence-electron chi connectivity index (χ0n) is 12.2. The molecule has 0 aliphatic carbocycles. The molecule has 0 saturated heterocycles. The lowest BCUT2D eigenvalue weighted by Gasteiger charge is -2.11. The zero-order valence-corrected chi connectivity index (χ0v) is 13.0. The average Bonchev–Trinajstić information content (AvgIpc) is 2.79. The number of nitrogen functional groups attached to an aromatic ring is 1. The number of aryl methyl sites for hydroxylation is 2. The Morgan fingerprint density at radius 3 is 2.62 bits per heavy atom. The average molecular weight is 310 g/mol. The van der Waals surface area contributed by atoms with Crippen LogP contribution >= 0.6 is 0 Å². The predicted molar refractivity (Wildman–Crippen MR) is 78.3 cm³/mol. The lowest BCUT2D eigenvalue weighted by Crippen LogP contribution is -2.27. The third-order valence-electron chi connectivity index (χ3n) is 3.03. The van der Waals surface area contributed by atoms with Gasteiger partial charge in [-0.25, -0.2) is 13.1 Å². The second kappa shape index (κ2) is 5.82. The summed E-state index contributed by atoms with van der Waals surface area (Å²) in [5, 5.41) is 3.65. The van der Waals surface area contributed by atoms with Crippen LogP contribution in [0, 0.1) is 20.8 Å². The Hall–Kier alpha value is -1.93. The molecule has 21 heavy (non-hydrogen) atoms. The maximum absolute atomic E-state index is 12.3. The normalized spacial score (nSPS) is 11.8. The molecule has 0 aliphatic rings. The first-order valence-corrected chi connectivity index (χ1v) is 7.93. The Morgan fingerprint density at radius 1 is 1.29 bits per heavy atom. The van der Waals surface area contributed by atoms with Crippen molar-refractivity contribution in [2.45, 2.75) is 32.1 Å². The fourth-order valence-corrected chi connectivity index (χ4v) is 3.33. The highest BCUT2D eigenvalue weighted by atomic mass is 32.2. The molecule has 1 heterocycles. The van der Waals surface area contributed by atoms with Gasteiger partial charge in [0.05, 0.1) is 4.90 Å². The molecule has 2 aromatic rings. The van der Waals surface area contributed by atoms with Gasteiger partial charge in [-0.15, -0.1) is 0 Å². The summed E-state index contributed by atoms with van der Waals surface area (Å²) in [6, 6.07) is 3.35. The highest BCUT2D eigenvalue weighted by Gasteiger charge is 2.18. The number of nitrogens with two attached hydrogens (primary N) is 1. The molecule has 0 aliphatic heterocycles. The highest BCUT2D eigenvalue weighted by Crippen LogP contribution is 2.22. The molecule has 0 unspecified atom stereocenters. The van der Waals surface area contributed by atoms with Gasteiger partial charge in [-0.3, -0.25) is 0 Å². The summed E-state index contributed by atoms with van der Waals surface area (Å²) in [5.74, 6) is 0.922. The van der Waals surface area contributed by atoms with E-state index in [-0.39, 0.29) is 11.4 Å². The third kappa shape index (κ3) is 3.59. The molecule has 0 atom stereocenters. The molecular weight excluding hydrogens is 292 g/mol. The van der Waals surface area contributed by atoms with E-state index in [1.807, 2.05) is 0 Å². The Morgan fingerprint density at radius 2 is 2.00 bits per heavy atom. The van der Waals surface area contributed by atoms with E-state index in [0.717, 1.165) is 5.56 Å². The smallest absolute Gasteiger partial charge is 0.240 e. The fraction of sp³-hybridized carbons (Fsp3) is 0.385. The first-order valence-electron chi connectivity index (χ1n) is 6.45. The van der Waals surface area contributed by atoms with Crippen molar-refractivity contribution < 1.29 is 12.9 Å². The first-order chi connectivity index (χ1) is 9.79. The molecule has 3 N–H and O–H groups in total. The van der Waals surface area contributed by atoms with Crippen LogP contribution in [0.15, 0.2) is 21.6 Å². The molecule has 0 amide bonds. The Kier molecular flexibility index (Phi) is 4.29. The van der Waals surface area contributed by atoms with E-state index in [2.05, 4.69) is 14.9 Å². The summed E-state index contributed by atoms with van der Waals surface area (Å²) in [6.45, 7) is 5.37. The maximum Gasteiger partial charge on any atom is 0.240 e. The molecule has 1 aromatic heterocycles. The van der Waals surface area contributed by atoms with Crippen molar-refractivity contribution in [1.82, 2.24) is 14.9 Å². The van der Waals surface area contributed by atoms with E-state index in [1.54, 1.807) is 32.9 Å². The summed E-state index contributed by atoms with van der Waals surface area (Å²) in [6.07, 6.45) is 0.334. The predicted octanol–water partition coefficient (Wildman–Crippen LogP) is 1.10. The van der Waals surface area contributed by atoms with E-state index in [4.69, 9.17) is 10.3 Å². The third-order valence-corrected chi connectivity index (χ3v) is 4.62. The van der Waals surface area contributed by atoms with E-state index >= 15 is 0 Å². The number of aromatic nitrogens is 2. The molecule has 114 valence electrons. The first kappa shape index (κ1) is 15.5. The molecule has 8 heteroatoms. The van der Waals surface area contributed by atoms with Crippen LogP contribution in [-0.2, 0) is 16.4 Å². The minimum absolute atomic E-state index is 0.178. The van der Waals surface area contributed by atoms with Crippen LogP contribution in [-0.4, -0.2) is 25.1 Å². The van der Waals surface area contributed by atoms with Gasteiger partial charge in [-0.05, 0) is 44.0 Å². The molecule has 0 bridgehead atoms. The summed E-state index contributed by atoms with van der Waals surface area (Å²) in [4.78, 5) is 4.21. The largest absolute Gasteiger partial charge is 0.398 e.